The summed E-state index contributed by atoms with van der Waals surface area (Å²) in [7, 11) is 0. The lowest BCUT2D eigenvalue weighted by Gasteiger charge is -2.32. The molecule has 0 saturated carbocycles. The summed E-state index contributed by atoms with van der Waals surface area (Å²) in [5.74, 6) is 0.0559. The van der Waals surface area contributed by atoms with Gasteiger partial charge in [0.1, 0.15) is 0 Å². The molecule has 3 rings (SSSR count). The van der Waals surface area contributed by atoms with Crippen LogP contribution in [-0.2, 0) is 5.54 Å². The second-order valence-corrected chi connectivity index (χ2v) is 4.88. The van der Waals surface area contributed by atoms with Crippen LogP contribution in [0.3, 0.4) is 0 Å². The van der Waals surface area contributed by atoms with E-state index in [0.717, 1.165) is 12.0 Å². The summed E-state index contributed by atoms with van der Waals surface area (Å²) in [5, 5.41) is 9.71. The number of nitriles is 1. The molecule has 4 nitrogen and oxygen atoms in total. The minimum Gasteiger partial charge on any atom is -0.459 e. The Morgan fingerprint density at radius 1 is 1.25 bits per heavy atom. The first kappa shape index (κ1) is 12.5. The second-order valence-electron chi connectivity index (χ2n) is 4.88. The fraction of sp³-hybridized carbons (Fsp3) is 0.250. The van der Waals surface area contributed by atoms with Crippen LogP contribution in [0.5, 0.6) is 0 Å². The molecule has 100 valence electrons. The number of hydrogen-bond acceptors (Lipinski definition) is 3. The van der Waals surface area contributed by atoms with Crippen molar-refractivity contribution < 1.29 is 9.21 Å². The highest BCUT2D eigenvalue weighted by Gasteiger charge is 2.46. The molecule has 0 spiro atoms. The van der Waals surface area contributed by atoms with Gasteiger partial charge in [-0.2, -0.15) is 5.26 Å². The number of nitrogens with zero attached hydrogens (tertiary/aromatic N) is 2. The Morgan fingerprint density at radius 2 is 2.05 bits per heavy atom. The second kappa shape index (κ2) is 4.86. The molecule has 0 unspecified atom stereocenters. The Labute approximate surface area is 117 Å². The number of benzene rings is 1. The van der Waals surface area contributed by atoms with Crippen molar-refractivity contribution in [2.24, 2.45) is 0 Å². The third-order valence-electron chi connectivity index (χ3n) is 3.79. The zero-order chi connectivity index (χ0) is 14.0. The first-order chi connectivity index (χ1) is 9.78. The monoisotopic (exact) mass is 266 g/mol. The molecule has 1 saturated heterocycles. The number of rotatable bonds is 2. The SMILES string of the molecule is N#C[C@@]1(c2ccccc2)CCCN1C(=O)c1ccco1. The van der Waals surface area contributed by atoms with Gasteiger partial charge in [0.15, 0.2) is 11.3 Å². The predicted molar refractivity (Wildman–Crippen MR) is 72.7 cm³/mol. The summed E-state index contributed by atoms with van der Waals surface area (Å²) >= 11 is 0. The van der Waals surface area contributed by atoms with Crippen molar-refractivity contribution in [2.75, 3.05) is 6.54 Å². The highest BCUT2D eigenvalue weighted by atomic mass is 16.3. The number of carbonyl (C=O) groups is 1. The van der Waals surface area contributed by atoms with Crippen molar-refractivity contribution in [3.05, 3.63) is 60.1 Å². The third kappa shape index (κ3) is 1.79. The van der Waals surface area contributed by atoms with Gasteiger partial charge in [0.2, 0.25) is 0 Å². The number of likely N-dealkylation sites (tertiary alicyclic amines) is 1. The van der Waals surface area contributed by atoms with E-state index in [9.17, 15) is 10.1 Å². The van der Waals surface area contributed by atoms with Gasteiger partial charge in [-0.1, -0.05) is 30.3 Å². The molecule has 1 aromatic heterocycles. The Morgan fingerprint density at radius 3 is 2.70 bits per heavy atom. The molecule has 2 aromatic rings. The Kier molecular flexibility index (Phi) is 3.03. The van der Waals surface area contributed by atoms with Crippen molar-refractivity contribution >= 4 is 5.91 Å². The van der Waals surface area contributed by atoms with Crippen LogP contribution in [0.4, 0.5) is 0 Å². The van der Waals surface area contributed by atoms with Crippen LogP contribution in [0.2, 0.25) is 0 Å². The molecule has 1 aliphatic heterocycles. The molecular weight excluding hydrogens is 252 g/mol. The lowest BCUT2D eigenvalue weighted by Crippen LogP contribution is -2.44. The molecule has 1 aliphatic rings. The number of amides is 1. The summed E-state index contributed by atoms with van der Waals surface area (Å²) < 4.78 is 5.18. The van der Waals surface area contributed by atoms with Crippen molar-refractivity contribution in [3.63, 3.8) is 0 Å². The molecule has 1 amide bonds. The zero-order valence-corrected chi connectivity index (χ0v) is 11.0. The van der Waals surface area contributed by atoms with Gasteiger partial charge in [0.25, 0.3) is 5.91 Å². The van der Waals surface area contributed by atoms with E-state index in [1.807, 2.05) is 30.3 Å². The summed E-state index contributed by atoms with van der Waals surface area (Å²) in [5.41, 5.74) is -0.0228. The molecule has 0 aliphatic carbocycles. The standard InChI is InChI=1S/C16H14N2O2/c17-12-16(13-6-2-1-3-7-13)9-5-10-18(16)15(19)14-8-4-11-20-14/h1-4,6-8,11H,5,9-10H2/t16-/m1/s1. The molecule has 1 fully saturated rings. The van der Waals surface area contributed by atoms with Crippen LogP contribution in [0.1, 0.15) is 29.0 Å². The van der Waals surface area contributed by atoms with Crippen molar-refractivity contribution in [3.8, 4) is 6.07 Å². The minimum absolute atomic E-state index is 0.224. The van der Waals surface area contributed by atoms with Gasteiger partial charge >= 0.3 is 0 Å². The van der Waals surface area contributed by atoms with Crippen LogP contribution in [0.15, 0.2) is 53.1 Å². The van der Waals surface area contributed by atoms with E-state index >= 15 is 0 Å². The van der Waals surface area contributed by atoms with Gasteiger partial charge in [-0.3, -0.25) is 4.79 Å². The smallest absolute Gasteiger partial charge is 0.291 e. The van der Waals surface area contributed by atoms with E-state index in [0.29, 0.717) is 13.0 Å². The highest BCUT2D eigenvalue weighted by molar-refractivity contribution is 5.92. The molecule has 4 heteroatoms. The molecule has 2 heterocycles. The average molecular weight is 266 g/mol. The van der Waals surface area contributed by atoms with Crippen molar-refractivity contribution in [1.82, 2.24) is 4.90 Å². The lowest BCUT2D eigenvalue weighted by atomic mass is 9.88. The van der Waals surface area contributed by atoms with Crippen molar-refractivity contribution in [2.45, 2.75) is 18.4 Å². The molecular formula is C16H14N2O2. The molecule has 0 bridgehead atoms. The molecule has 0 radical (unpaired) electrons. The number of furan rings is 1. The van der Waals surface area contributed by atoms with E-state index in [1.54, 1.807) is 17.0 Å². The first-order valence-electron chi connectivity index (χ1n) is 6.60. The number of carbonyl (C=O) groups excluding carboxylic acids is 1. The van der Waals surface area contributed by atoms with E-state index < -0.39 is 5.54 Å². The van der Waals surface area contributed by atoms with Gasteiger partial charge in [-0.25, -0.2) is 0 Å². The summed E-state index contributed by atoms with van der Waals surface area (Å²) in [6.45, 7) is 0.571. The highest BCUT2D eigenvalue weighted by Crippen LogP contribution is 2.39. The Balaban J connectivity index is 2.03. The van der Waals surface area contributed by atoms with Crippen LogP contribution < -0.4 is 0 Å². The van der Waals surface area contributed by atoms with Crippen LogP contribution in [0.25, 0.3) is 0 Å². The van der Waals surface area contributed by atoms with Gasteiger partial charge < -0.3 is 9.32 Å². The maximum absolute atomic E-state index is 12.5. The van der Waals surface area contributed by atoms with Crippen LogP contribution in [-0.4, -0.2) is 17.4 Å². The Bertz CT molecular complexity index is 643. The van der Waals surface area contributed by atoms with E-state index in [1.165, 1.54) is 6.26 Å². The quantitative estimate of drug-likeness (QED) is 0.839. The first-order valence-corrected chi connectivity index (χ1v) is 6.60. The van der Waals surface area contributed by atoms with Gasteiger partial charge in [0.05, 0.1) is 12.3 Å². The lowest BCUT2D eigenvalue weighted by molar-refractivity contribution is 0.0637. The molecule has 0 N–H and O–H groups in total. The molecule has 1 aromatic carbocycles. The fourth-order valence-corrected chi connectivity index (χ4v) is 2.82. The largest absolute Gasteiger partial charge is 0.459 e. The van der Waals surface area contributed by atoms with E-state index in [-0.39, 0.29) is 11.7 Å². The topological polar surface area (TPSA) is 57.2 Å². The van der Waals surface area contributed by atoms with Crippen LogP contribution >= 0.6 is 0 Å². The Hall–Kier alpha value is -2.54. The molecule has 1 atom stereocenters. The van der Waals surface area contributed by atoms with Gasteiger partial charge in [-0.05, 0) is 30.5 Å². The van der Waals surface area contributed by atoms with E-state index in [2.05, 4.69) is 6.07 Å². The predicted octanol–water partition coefficient (Wildman–Crippen LogP) is 2.93. The maximum Gasteiger partial charge on any atom is 0.291 e. The van der Waals surface area contributed by atoms with E-state index in [4.69, 9.17) is 4.42 Å². The minimum atomic E-state index is -0.884. The number of hydrogen-bond donors (Lipinski definition) is 0. The summed E-state index contributed by atoms with van der Waals surface area (Å²) in [6, 6.07) is 15.2. The van der Waals surface area contributed by atoms with Crippen molar-refractivity contribution in [1.29, 1.82) is 5.26 Å². The normalized spacial score (nSPS) is 21.6. The summed E-state index contributed by atoms with van der Waals surface area (Å²) in [6.07, 6.45) is 2.94. The van der Waals surface area contributed by atoms with Gasteiger partial charge in [0, 0.05) is 6.54 Å². The van der Waals surface area contributed by atoms with Crippen LogP contribution in [0, 0.1) is 11.3 Å². The average Bonchev–Trinajstić information content (AvgIpc) is 3.17. The molecule has 20 heavy (non-hydrogen) atoms. The fourth-order valence-electron chi connectivity index (χ4n) is 2.82. The summed E-state index contributed by atoms with van der Waals surface area (Å²) in [4.78, 5) is 14.2. The third-order valence-corrected chi connectivity index (χ3v) is 3.79. The zero-order valence-electron chi connectivity index (χ0n) is 11.0. The maximum atomic E-state index is 12.5. The van der Waals surface area contributed by atoms with Gasteiger partial charge in [-0.15, -0.1) is 0 Å².